The lowest BCUT2D eigenvalue weighted by atomic mass is 10.0. The highest BCUT2D eigenvalue weighted by molar-refractivity contribution is 6.29. The fourth-order valence-electron chi connectivity index (χ4n) is 3.36. The van der Waals surface area contributed by atoms with Gasteiger partial charge in [0.2, 0.25) is 5.91 Å². The van der Waals surface area contributed by atoms with Gasteiger partial charge < -0.3 is 9.80 Å². The lowest BCUT2D eigenvalue weighted by molar-refractivity contribution is -0.130. The average molecular weight is 393 g/mol. The van der Waals surface area contributed by atoms with Crippen LogP contribution < -0.4 is 4.90 Å². The van der Waals surface area contributed by atoms with Gasteiger partial charge in [0.05, 0.1) is 6.42 Å². The zero-order valence-electron chi connectivity index (χ0n) is 14.7. The van der Waals surface area contributed by atoms with Crippen LogP contribution in [0, 0.1) is 5.82 Å². The van der Waals surface area contributed by atoms with Crippen LogP contribution in [0.2, 0.25) is 5.15 Å². The standard InChI is InChI=1S/C19H19ClF2N4O/c20-16-3-4-17(24-23-16)25-7-9-26(10-8-25)18(27)12-13-1-2-14(15(21)11-13)19(22)5-6-19/h1-4,11H,5-10,12H2. The van der Waals surface area contributed by atoms with E-state index in [2.05, 4.69) is 10.2 Å². The second kappa shape index (κ2) is 7.03. The fraction of sp³-hybridized carbons (Fsp3) is 0.421. The molecule has 0 spiro atoms. The van der Waals surface area contributed by atoms with Crippen molar-refractivity contribution in [1.82, 2.24) is 15.1 Å². The largest absolute Gasteiger partial charge is 0.352 e. The van der Waals surface area contributed by atoms with Crippen molar-refractivity contribution in [3.05, 3.63) is 52.4 Å². The van der Waals surface area contributed by atoms with Gasteiger partial charge in [0.15, 0.2) is 11.0 Å². The van der Waals surface area contributed by atoms with Gasteiger partial charge in [0.1, 0.15) is 11.5 Å². The number of anilines is 1. The number of aromatic nitrogens is 2. The van der Waals surface area contributed by atoms with Gasteiger partial charge in [-0.15, -0.1) is 10.2 Å². The Kier molecular flexibility index (Phi) is 4.72. The van der Waals surface area contributed by atoms with Crippen molar-refractivity contribution in [3.63, 3.8) is 0 Å². The molecule has 1 aliphatic carbocycles. The second-order valence-electron chi connectivity index (χ2n) is 7.04. The van der Waals surface area contributed by atoms with E-state index in [1.165, 1.54) is 12.1 Å². The Morgan fingerprint density at radius 1 is 1.11 bits per heavy atom. The molecule has 1 aromatic carbocycles. The molecule has 2 fully saturated rings. The minimum absolute atomic E-state index is 0.0645. The van der Waals surface area contributed by atoms with Gasteiger partial charge in [0, 0.05) is 31.7 Å². The quantitative estimate of drug-likeness (QED) is 0.802. The van der Waals surface area contributed by atoms with Crippen LogP contribution in [0.5, 0.6) is 0 Å². The van der Waals surface area contributed by atoms with Crippen molar-refractivity contribution >= 4 is 23.3 Å². The number of benzene rings is 1. The van der Waals surface area contributed by atoms with E-state index in [-0.39, 0.29) is 17.9 Å². The molecule has 2 aliphatic rings. The fourth-order valence-corrected chi connectivity index (χ4v) is 3.46. The number of hydrogen-bond acceptors (Lipinski definition) is 4. The first kappa shape index (κ1) is 18.1. The lowest BCUT2D eigenvalue weighted by Gasteiger charge is -2.35. The van der Waals surface area contributed by atoms with Crippen molar-refractivity contribution in [2.75, 3.05) is 31.1 Å². The van der Waals surface area contributed by atoms with E-state index >= 15 is 0 Å². The summed E-state index contributed by atoms with van der Waals surface area (Å²) in [5.74, 6) is 0.0983. The Labute approximate surface area is 160 Å². The highest BCUT2D eigenvalue weighted by Gasteiger charge is 2.46. The van der Waals surface area contributed by atoms with Gasteiger partial charge in [-0.3, -0.25) is 4.79 Å². The van der Waals surface area contributed by atoms with Crippen LogP contribution in [0.15, 0.2) is 30.3 Å². The predicted molar refractivity (Wildman–Crippen MR) is 98.0 cm³/mol. The number of rotatable bonds is 4. The van der Waals surface area contributed by atoms with E-state index in [1.807, 2.05) is 4.90 Å². The molecule has 1 aromatic heterocycles. The number of carbonyl (C=O) groups excluding carboxylic acids is 1. The summed E-state index contributed by atoms with van der Waals surface area (Å²) in [7, 11) is 0. The SMILES string of the molecule is O=C(Cc1ccc(C2(F)CC2)c(F)c1)N1CCN(c2ccc(Cl)nn2)CC1. The maximum absolute atomic E-state index is 14.2. The molecule has 27 heavy (non-hydrogen) atoms. The number of alkyl halides is 1. The molecule has 0 bridgehead atoms. The van der Waals surface area contributed by atoms with Crippen molar-refractivity contribution < 1.29 is 13.6 Å². The molecule has 1 saturated carbocycles. The topological polar surface area (TPSA) is 49.3 Å². The minimum Gasteiger partial charge on any atom is -0.352 e. The molecule has 4 rings (SSSR count). The van der Waals surface area contributed by atoms with Gasteiger partial charge in [-0.25, -0.2) is 8.78 Å². The third-order valence-corrected chi connectivity index (χ3v) is 5.34. The average Bonchev–Trinajstić information content (AvgIpc) is 3.41. The first-order valence-electron chi connectivity index (χ1n) is 8.94. The van der Waals surface area contributed by atoms with E-state index in [9.17, 15) is 13.6 Å². The number of piperazine rings is 1. The molecule has 1 amide bonds. The van der Waals surface area contributed by atoms with Gasteiger partial charge in [-0.2, -0.15) is 0 Å². The van der Waals surface area contributed by atoms with Crippen LogP contribution in [0.1, 0.15) is 24.0 Å². The van der Waals surface area contributed by atoms with Crippen molar-refractivity contribution in [2.24, 2.45) is 0 Å². The monoisotopic (exact) mass is 392 g/mol. The van der Waals surface area contributed by atoms with Crippen LogP contribution in [0.25, 0.3) is 0 Å². The molecule has 0 radical (unpaired) electrons. The number of hydrogen-bond donors (Lipinski definition) is 0. The lowest BCUT2D eigenvalue weighted by Crippen LogP contribution is -2.49. The summed E-state index contributed by atoms with van der Waals surface area (Å²) < 4.78 is 28.2. The third-order valence-electron chi connectivity index (χ3n) is 5.13. The molecule has 5 nitrogen and oxygen atoms in total. The molecule has 2 aromatic rings. The van der Waals surface area contributed by atoms with Gasteiger partial charge in [-0.1, -0.05) is 23.7 Å². The van der Waals surface area contributed by atoms with Gasteiger partial charge in [0.25, 0.3) is 0 Å². The van der Waals surface area contributed by atoms with Crippen molar-refractivity contribution in [1.29, 1.82) is 0 Å². The summed E-state index contributed by atoms with van der Waals surface area (Å²) in [6.07, 6.45) is 0.839. The molecule has 0 unspecified atom stereocenters. The Morgan fingerprint density at radius 3 is 2.44 bits per heavy atom. The number of amides is 1. The molecule has 0 atom stereocenters. The van der Waals surface area contributed by atoms with Gasteiger partial charge in [-0.05, 0) is 36.6 Å². The number of halogens is 3. The zero-order chi connectivity index (χ0) is 19.0. The van der Waals surface area contributed by atoms with E-state index in [1.54, 1.807) is 23.1 Å². The molecule has 142 valence electrons. The third kappa shape index (κ3) is 3.88. The summed E-state index contributed by atoms with van der Waals surface area (Å²) in [6, 6.07) is 7.89. The Balaban J connectivity index is 1.34. The van der Waals surface area contributed by atoms with Crippen LogP contribution in [0.4, 0.5) is 14.6 Å². The highest BCUT2D eigenvalue weighted by atomic mass is 35.5. The van der Waals surface area contributed by atoms with E-state index in [0.29, 0.717) is 49.7 Å². The number of nitrogens with zero attached hydrogens (tertiary/aromatic N) is 4. The van der Waals surface area contributed by atoms with E-state index in [4.69, 9.17) is 11.6 Å². The summed E-state index contributed by atoms with van der Waals surface area (Å²) >= 11 is 5.75. The maximum Gasteiger partial charge on any atom is 0.227 e. The molecule has 1 saturated heterocycles. The molecule has 1 aliphatic heterocycles. The van der Waals surface area contributed by atoms with Crippen LogP contribution >= 0.6 is 11.6 Å². The summed E-state index contributed by atoms with van der Waals surface area (Å²) in [5, 5.41) is 8.22. The smallest absolute Gasteiger partial charge is 0.227 e. The Morgan fingerprint density at radius 2 is 1.85 bits per heavy atom. The van der Waals surface area contributed by atoms with Crippen molar-refractivity contribution in [2.45, 2.75) is 24.9 Å². The van der Waals surface area contributed by atoms with Crippen LogP contribution in [0.3, 0.4) is 0 Å². The second-order valence-corrected chi connectivity index (χ2v) is 7.43. The van der Waals surface area contributed by atoms with E-state index < -0.39 is 11.5 Å². The summed E-state index contributed by atoms with van der Waals surface area (Å²) in [4.78, 5) is 16.3. The summed E-state index contributed by atoms with van der Waals surface area (Å²) in [6.45, 7) is 2.38. The van der Waals surface area contributed by atoms with Crippen LogP contribution in [-0.2, 0) is 16.9 Å². The molecular formula is C19H19ClF2N4O. The van der Waals surface area contributed by atoms with Gasteiger partial charge >= 0.3 is 0 Å². The minimum atomic E-state index is -1.51. The predicted octanol–water partition coefficient (Wildman–Crippen LogP) is 3.12. The van der Waals surface area contributed by atoms with Crippen molar-refractivity contribution in [3.8, 4) is 0 Å². The molecule has 2 heterocycles. The Hall–Kier alpha value is -2.28. The van der Waals surface area contributed by atoms with E-state index in [0.717, 1.165) is 5.82 Å². The zero-order valence-corrected chi connectivity index (χ0v) is 15.4. The maximum atomic E-state index is 14.2. The molecule has 0 N–H and O–H groups in total. The Bertz CT molecular complexity index is 849. The van der Waals surface area contributed by atoms with Crippen LogP contribution in [-0.4, -0.2) is 47.2 Å². The first-order chi connectivity index (χ1) is 12.9. The number of carbonyl (C=O) groups is 1. The molecular weight excluding hydrogens is 374 g/mol. The first-order valence-corrected chi connectivity index (χ1v) is 9.32. The normalized spacial score (nSPS) is 18.5. The molecule has 8 heteroatoms. The summed E-state index contributed by atoms with van der Waals surface area (Å²) in [5.41, 5.74) is -0.832. The highest BCUT2D eigenvalue weighted by Crippen LogP contribution is 2.50.